The number of hydrogen-bond donors (Lipinski definition) is 1. The second kappa shape index (κ2) is 2.41. The maximum atomic E-state index is 11.6. The van der Waals surface area contributed by atoms with Crippen molar-refractivity contribution >= 4 is 5.91 Å². The number of primary amides is 1. The summed E-state index contributed by atoms with van der Waals surface area (Å²) < 4.78 is 0. The summed E-state index contributed by atoms with van der Waals surface area (Å²) in [5.41, 5.74) is 6.84. The molecule has 2 unspecified atom stereocenters. The zero-order valence-corrected chi connectivity index (χ0v) is 8.46. The predicted octanol–water partition coefficient (Wildman–Crippen LogP) is 1.85. The van der Waals surface area contributed by atoms with Gasteiger partial charge in [-0.3, -0.25) is 4.79 Å². The zero-order chi connectivity index (χ0) is 9.92. The van der Waals surface area contributed by atoms with E-state index in [1.54, 1.807) is 0 Å². The lowest BCUT2D eigenvalue weighted by Crippen LogP contribution is -2.53. The van der Waals surface area contributed by atoms with E-state index in [-0.39, 0.29) is 11.3 Å². The Kier molecular flexibility index (Phi) is 1.47. The fourth-order valence-corrected chi connectivity index (χ4v) is 4.18. The van der Waals surface area contributed by atoms with Gasteiger partial charge in [0.15, 0.2) is 0 Å². The van der Waals surface area contributed by atoms with Crippen molar-refractivity contribution in [2.75, 3.05) is 0 Å². The molecule has 76 valence electrons. The maximum absolute atomic E-state index is 11.6. The van der Waals surface area contributed by atoms with Gasteiger partial charge >= 0.3 is 0 Å². The number of rotatable bonds is 1. The highest BCUT2D eigenvalue weighted by molar-refractivity contribution is 5.81. The highest BCUT2D eigenvalue weighted by Crippen LogP contribution is 2.61. The van der Waals surface area contributed by atoms with Crippen molar-refractivity contribution in [3.8, 4) is 0 Å². The number of nitrogens with two attached hydrogens (primary N) is 1. The van der Waals surface area contributed by atoms with Crippen molar-refractivity contribution in [3.05, 3.63) is 12.2 Å². The molecule has 4 rings (SSSR count). The molecule has 0 heterocycles. The first-order valence-electron chi connectivity index (χ1n) is 5.59. The summed E-state index contributed by atoms with van der Waals surface area (Å²) in [5.74, 6) is 1.91. The van der Waals surface area contributed by atoms with Crippen molar-refractivity contribution in [2.24, 2.45) is 28.9 Å². The molecule has 2 N–H and O–H groups in total. The van der Waals surface area contributed by atoms with Crippen LogP contribution in [0.4, 0.5) is 0 Å². The highest BCUT2D eigenvalue weighted by Gasteiger charge is 2.55. The van der Waals surface area contributed by atoms with E-state index in [2.05, 4.69) is 6.58 Å². The molecule has 4 aliphatic carbocycles. The molecule has 0 aliphatic heterocycles. The summed E-state index contributed by atoms with van der Waals surface area (Å²) >= 11 is 0. The first-order valence-corrected chi connectivity index (χ1v) is 5.59. The standard InChI is InChI=1S/C12H17NO/c1-7-9-2-8-3-10(7)6-12(4-8,5-9)11(13)14/h8-10H,1-6H2,(H2,13,14)/t8?,9-,10+,12?. The Morgan fingerprint density at radius 3 is 2.36 bits per heavy atom. The molecule has 14 heavy (non-hydrogen) atoms. The molecule has 4 aliphatic rings. The molecule has 4 fully saturated rings. The molecular weight excluding hydrogens is 174 g/mol. The fraction of sp³-hybridized carbons (Fsp3) is 0.750. The van der Waals surface area contributed by atoms with Gasteiger partial charge in [-0.2, -0.15) is 0 Å². The first kappa shape index (κ1) is 8.51. The Morgan fingerprint density at radius 2 is 1.86 bits per heavy atom. The lowest BCUT2D eigenvalue weighted by Gasteiger charge is -2.56. The molecule has 4 saturated carbocycles. The molecule has 0 saturated heterocycles. The second-order valence-corrected chi connectivity index (χ2v) is 5.56. The summed E-state index contributed by atoms with van der Waals surface area (Å²) in [6.07, 6.45) is 5.58. The number of hydrogen-bond acceptors (Lipinski definition) is 1. The third kappa shape index (κ3) is 0.891. The van der Waals surface area contributed by atoms with Crippen LogP contribution < -0.4 is 5.73 Å². The Bertz CT molecular complexity index is 302. The van der Waals surface area contributed by atoms with Gasteiger partial charge in [0.05, 0.1) is 5.41 Å². The van der Waals surface area contributed by atoms with Crippen molar-refractivity contribution in [1.29, 1.82) is 0 Å². The van der Waals surface area contributed by atoms with Crippen LogP contribution in [0.15, 0.2) is 12.2 Å². The molecule has 0 aromatic carbocycles. The topological polar surface area (TPSA) is 43.1 Å². The minimum atomic E-state index is -0.141. The molecule has 1 amide bonds. The highest BCUT2D eigenvalue weighted by atomic mass is 16.1. The number of carbonyl (C=O) groups excluding carboxylic acids is 1. The summed E-state index contributed by atoms with van der Waals surface area (Å²) in [4.78, 5) is 11.6. The van der Waals surface area contributed by atoms with E-state index in [1.807, 2.05) is 0 Å². The normalized spacial score (nSPS) is 49.7. The van der Waals surface area contributed by atoms with Crippen molar-refractivity contribution in [2.45, 2.75) is 32.1 Å². The van der Waals surface area contributed by atoms with Crippen LogP contribution in [-0.2, 0) is 4.79 Å². The zero-order valence-electron chi connectivity index (χ0n) is 8.46. The Labute approximate surface area is 84.5 Å². The van der Waals surface area contributed by atoms with E-state index in [4.69, 9.17) is 5.73 Å². The Morgan fingerprint density at radius 1 is 1.29 bits per heavy atom. The van der Waals surface area contributed by atoms with Crippen LogP contribution in [0.3, 0.4) is 0 Å². The van der Waals surface area contributed by atoms with Crippen molar-refractivity contribution in [3.63, 3.8) is 0 Å². The molecule has 0 spiro atoms. The monoisotopic (exact) mass is 191 g/mol. The van der Waals surface area contributed by atoms with E-state index in [9.17, 15) is 4.79 Å². The maximum Gasteiger partial charge on any atom is 0.223 e. The van der Waals surface area contributed by atoms with E-state index >= 15 is 0 Å². The minimum Gasteiger partial charge on any atom is -0.369 e. The van der Waals surface area contributed by atoms with Gasteiger partial charge in [-0.25, -0.2) is 0 Å². The Hall–Kier alpha value is -0.790. The summed E-state index contributed by atoms with van der Waals surface area (Å²) in [5, 5.41) is 0. The van der Waals surface area contributed by atoms with E-state index in [0.29, 0.717) is 11.8 Å². The van der Waals surface area contributed by atoms with Gasteiger partial charge in [-0.05, 0) is 49.9 Å². The van der Waals surface area contributed by atoms with Gasteiger partial charge in [0, 0.05) is 0 Å². The van der Waals surface area contributed by atoms with Gasteiger partial charge in [0.1, 0.15) is 0 Å². The second-order valence-electron chi connectivity index (χ2n) is 5.56. The molecule has 0 aromatic rings. The van der Waals surface area contributed by atoms with Crippen LogP contribution in [0, 0.1) is 23.2 Å². The molecule has 0 aromatic heterocycles. The molecule has 2 heteroatoms. The minimum absolute atomic E-state index is 0.0515. The first-order chi connectivity index (χ1) is 6.61. The average molecular weight is 191 g/mol. The number of amides is 1. The predicted molar refractivity (Wildman–Crippen MR) is 54.3 cm³/mol. The van der Waals surface area contributed by atoms with Gasteiger partial charge in [-0.15, -0.1) is 0 Å². The van der Waals surface area contributed by atoms with Crippen LogP contribution in [0.5, 0.6) is 0 Å². The smallest absolute Gasteiger partial charge is 0.223 e. The van der Waals surface area contributed by atoms with E-state index in [0.717, 1.165) is 25.2 Å². The molecule has 0 radical (unpaired) electrons. The number of allylic oxidation sites excluding steroid dienone is 1. The molecular formula is C12H17NO. The summed E-state index contributed by atoms with van der Waals surface area (Å²) in [6, 6.07) is 0. The lowest BCUT2D eigenvalue weighted by molar-refractivity contribution is -0.138. The molecule has 2 nitrogen and oxygen atoms in total. The van der Waals surface area contributed by atoms with Gasteiger partial charge in [0.2, 0.25) is 5.91 Å². The van der Waals surface area contributed by atoms with E-state index < -0.39 is 0 Å². The summed E-state index contributed by atoms with van der Waals surface area (Å²) in [6.45, 7) is 4.19. The molecule has 4 bridgehead atoms. The van der Waals surface area contributed by atoms with Crippen LogP contribution in [0.25, 0.3) is 0 Å². The van der Waals surface area contributed by atoms with Crippen LogP contribution in [0.2, 0.25) is 0 Å². The average Bonchev–Trinajstić information content (AvgIpc) is 2.12. The quantitative estimate of drug-likeness (QED) is 0.631. The van der Waals surface area contributed by atoms with Gasteiger partial charge in [0.25, 0.3) is 0 Å². The number of carbonyl (C=O) groups is 1. The van der Waals surface area contributed by atoms with Crippen LogP contribution in [-0.4, -0.2) is 5.91 Å². The van der Waals surface area contributed by atoms with Gasteiger partial charge < -0.3 is 5.73 Å². The fourth-order valence-electron chi connectivity index (χ4n) is 4.18. The van der Waals surface area contributed by atoms with E-state index in [1.165, 1.54) is 18.4 Å². The van der Waals surface area contributed by atoms with Crippen molar-refractivity contribution in [1.82, 2.24) is 0 Å². The van der Waals surface area contributed by atoms with Gasteiger partial charge in [-0.1, -0.05) is 12.2 Å². The Balaban J connectivity index is 2.00. The third-order valence-electron chi connectivity index (χ3n) is 4.76. The largest absolute Gasteiger partial charge is 0.369 e. The summed E-state index contributed by atoms with van der Waals surface area (Å²) in [7, 11) is 0. The van der Waals surface area contributed by atoms with Crippen molar-refractivity contribution < 1.29 is 4.79 Å². The van der Waals surface area contributed by atoms with Crippen LogP contribution >= 0.6 is 0 Å². The molecule has 4 atom stereocenters. The third-order valence-corrected chi connectivity index (χ3v) is 4.76. The van der Waals surface area contributed by atoms with Crippen LogP contribution in [0.1, 0.15) is 32.1 Å². The lowest BCUT2D eigenvalue weighted by atomic mass is 9.48. The SMILES string of the molecule is C=C1[C@@H]2CC3C[C@H]1CC(C(N)=O)(C3)C2.